The van der Waals surface area contributed by atoms with Gasteiger partial charge in [-0.3, -0.25) is 9.89 Å². The van der Waals surface area contributed by atoms with E-state index in [2.05, 4.69) is 32.7 Å². The number of carbonyl (C=O) groups excluding carboxylic acids is 1. The molecule has 122 valence electrons. The first kappa shape index (κ1) is 15.2. The Bertz CT molecular complexity index is 680. The molecule has 5 nitrogen and oxygen atoms in total. The average molecular weight is 348 g/mol. The van der Waals surface area contributed by atoms with Crippen molar-refractivity contribution in [3.05, 3.63) is 28.2 Å². The molecule has 2 unspecified atom stereocenters. The highest BCUT2D eigenvalue weighted by molar-refractivity contribution is 8.00. The molecular weight excluding hydrogens is 328 g/mol. The van der Waals surface area contributed by atoms with Crippen molar-refractivity contribution in [1.29, 1.82) is 0 Å². The Morgan fingerprint density at radius 3 is 3.09 bits per heavy atom. The zero-order chi connectivity index (χ0) is 15.8. The van der Waals surface area contributed by atoms with Gasteiger partial charge < -0.3 is 4.90 Å². The minimum atomic E-state index is -0.154. The maximum Gasteiger partial charge on any atom is 0.236 e. The van der Waals surface area contributed by atoms with E-state index in [1.54, 1.807) is 11.3 Å². The molecule has 7 heteroatoms. The molecule has 0 radical (unpaired) electrons. The van der Waals surface area contributed by atoms with Gasteiger partial charge >= 0.3 is 0 Å². The Hall–Kier alpha value is -1.34. The molecule has 0 bridgehead atoms. The van der Waals surface area contributed by atoms with E-state index in [9.17, 15) is 4.79 Å². The van der Waals surface area contributed by atoms with E-state index < -0.39 is 0 Å². The van der Waals surface area contributed by atoms with Crippen LogP contribution < -0.4 is 0 Å². The van der Waals surface area contributed by atoms with Gasteiger partial charge in [-0.2, -0.15) is 0 Å². The number of amides is 1. The summed E-state index contributed by atoms with van der Waals surface area (Å²) in [6.45, 7) is 2.82. The summed E-state index contributed by atoms with van der Waals surface area (Å²) < 4.78 is 0. The number of hydrogen-bond donors (Lipinski definition) is 1. The number of H-pyrrole nitrogens is 1. The van der Waals surface area contributed by atoms with Crippen molar-refractivity contribution in [2.45, 2.75) is 55.0 Å². The molecule has 1 N–H and O–H groups in total. The van der Waals surface area contributed by atoms with E-state index in [1.807, 2.05) is 11.8 Å². The number of carbonyl (C=O) groups is 1. The van der Waals surface area contributed by atoms with E-state index in [0.29, 0.717) is 11.1 Å². The van der Waals surface area contributed by atoms with E-state index >= 15 is 0 Å². The van der Waals surface area contributed by atoms with Gasteiger partial charge in [0.2, 0.25) is 11.1 Å². The van der Waals surface area contributed by atoms with Crippen LogP contribution in [0.5, 0.6) is 0 Å². The lowest BCUT2D eigenvalue weighted by Gasteiger charge is -2.26. The zero-order valence-corrected chi connectivity index (χ0v) is 14.7. The molecule has 2 aromatic rings. The third-order valence-electron chi connectivity index (χ3n) is 4.48. The number of nitrogens with zero attached hydrogens (tertiary/aromatic N) is 3. The van der Waals surface area contributed by atoms with Crippen LogP contribution in [0.3, 0.4) is 0 Å². The summed E-state index contributed by atoms with van der Waals surface area (Å²) in [7, 11) is 0. The molecule has 0 spiro atoms. The number of hydrogen-bond acceptors (Lipinski definition) is 5. The lowest BCUT2D eigenvalue weighted by molar-refractivity contribution is -0.131. The third kappa shape index (κ3) is 3.17. The third-order valence-corrected chi connectivity index (χ3v) is 6.41. The number of aromatic amines is 1. The highest BCUT2D eigenvalue weighted by atomic mass is 32.2. The molecule has 2 fully saturated rings. The van der Waals surface area contributed by atoms with Crippen LogP contribution in [0, 0.1) is 0 Å². The largest absolute Gasteiger partial charge is 0.334 e. The molecule has 1 saturated heterocycles. The van der Waals surface area contributed by atoms with E-state index in [0.717, 1.165) is 25.2 Å². The monoisotopic (exact) mass is 348 g/mol. The molecule has 2 aliphatic rings. The molecule has 1 amide bonds. The van der Waals surface area contributed by atoms with E-state index in [-0.39, 0.29) is 17.2 Å². The van der Waals surface area contributed by atoms with Gasteiger partial charge in [-0.25, -0.2) is 4.98 Å². The van der Waals surface area contributed by atoms with Crippen molar-refractivity contribution >= 4 is 29.0 Å². The maximum absolute atomic E-state index is 12.9. The second-order valence-electron chi connectivity index (χ2n) is 6.24. The first-order valence-electron chi connectivity index (χ1n) is 8.15. The Morgan fingerprint density at radius 1 is 1.48 bits per heavy atom. The number of nitrogens with one attached hydrogen (secondary N) is 1. The Labute approximate surface area is 143 Å². The summed E-state index contributed by atoms with van der Waals surface area (Å²) in [5.74, 6) is 1.73. The molecule has 1 aliphatic heterocycles. The van der Waals surface area contributed by atoms with Gasteiger partial charge in [0.15, 0.2) is 0 Å². The molecular formula is C16H20N4OS2. The van der Waals surface area contributed by atoms with Gasteiger partial charge in [0, 0.05) is 17.3 Å². The van der Waals surface area contributed by atoms with Crippen LogP contribution in [0.1, 0.15) is 55.3 Å². The van der Waals surface area contributed by atoms with E-state index in [1.165, 1.54) is 29.5 Å². The lowest BCUT2D eigenvalue weighted by Crippen LogP contribution is -2.35. The normalized spacial score (nSPS) is 22.5. The molecule has 4 rings (SSSR count). The van der Waals surface area contributed by atoms with Crippen LogP contribution in [0.2, 0.25) is 0 Å². The molecule has 2 aromatic heterocycles. The van der Waals surface area contributed by atoms with Gasteiger partial charge in [0.25, 0.3) is 0 Å². The fourth-order valence-corrected chi connectivity index (χ4v) is 4.77. The van der Waals surface area contributed by atoms with Gasteiger partial charge in [-0.15, -0.1) is 16.4 Å². The summed E-state index contributed by atoms with van der Waals surface area (Å²) in [5.41, 5.74) is 0. The van der Waals surface area contributed by atoms with Crippen LogP contribution in [0.15, 0.2) is 22.7 Å². The topological polar surface area (TPSA) is 61.9 Å². The summed E-state index contributed by atoms with van der Waals surface area (Å²) in [5, 5.41) is 9.89. The number of rotatable bonds is 5. The van der Waals surface area contributed by atoms with Crippen LogP contribution >= 0.6 is 23.1 Å². The van der Waals surface area contributed by atoms with Crippen LogP contribution in [-0.2, 0) is 4.79 Å². The SMILES string of the molecule is CC(Sc1n[nH]c(C2CC2)n1)C(=O)N1CCCC1c1cccs1. The van der Waals surface area contributed by atoms with Gasteiger partial charge in [-0.05, 0) is 44.1 Å². The molecule has 2 atom stereocenters. The molecule has 3 heterocycles. The second kappa shape index (κ2) is 6.28. The number of aromatic nitrogens is 3. The fourth-order valence-electron chi connectivity index (χ4n) is 3.10. The number of likely N-dealkylation sites (tertiary alicyclic amines) is 1. The van der Waals surface area contributed by atoms with Crippen LogP contribution in [-0.4, -0.2) is 37.8 Å². The van der Waals surface area contributed by atoms with E-state index in [4.69, 9.17) is 0 Å². The predicted molar refractivity (Wildman–Crippen MR) is 91.7 cm³/mol. The van der Waals surface area contributed by atoms with Crippen molar-refractivity contribution in [3.8, 4) is 0 Å². The Balaban J connectivity index is 1.42. The Morgan fingerprint density at radius 2 is 2.35 bits per heavy atom. The predicted octanol–water partition coefficient (Wildman–Crippen LogP) is 3.59. The van der Waals surface area contributed by atoms with Crippen molar-refractivity contribution in [2.75, 3.05) is 6.54 Å². The average Bonchev–Trinajstić information content (AvgIpc) is 3.01. The summed E-state index contributed by atoms with van der Waals surface area (Å²) in [4.78, 5) is 20.7. The zero-order valence-electron chi connectivity index (χ0n) is 13.1. The van der Waals surface area contributed by atoms with Crippen LogP contribution in [0.25, 0.3) is 0 Å². The van der Waals surface area contributed by atoms with Gasteiger partial charge in [0.05, 0.1) is 11.3 Å². The highest BCUT2D eigenvalue weighted by Crippen LogP contribution is 2.39. The van der Waals surface area contributed by atoms with Crippen molar-refractivity contribution in [1.82, 2.24) is 20.1 Å². The second-order valence-corrected chi connectivity index (χ2v) is 8.53. The molecule has 23 heavy (non-hydrogen) atoms. The van der Waals surface area contributed by atoms with Crippen molar-refractivity contribution in [2.24, 2.45) is 0 Å². The maximum atomic E-state index is 12.9. The Kier molecular flexibility index (Phi) is 4.15. The molecule has 1 saturated carbocycles. The summed E-state index contributed by atoms with van der Waals surface area (Å²) in [6, 6.07) is 4.45. The quantitative estimate of drug-likeness (QED) is 0.839. The smallest absolute Gasteiger partial charge is 0.236 e. The van der Waals surface area contributed by atoms with Crippen molar-refractivity contribution in [3.63, 3.8) is 0 Å². The first-order chi connectivity index (χ1) is 11.2. The first-order valence-corrected chi connectivity index (χ1v) is 9.91. The minimum absolute atomic E-state index is 0.154. The summed E-state index contributed by atoms with van der Waals surface area (Å²) >= 11 is 3.20. The number of thioether (sulfide) groups is 1. The van der Waals surface area contributed by atoms with Crippen LogP contribution in [0.4, 0.5) is 0 Å². The van der Waals surface area contributed by atoms with Gasteiger partial charge in [-0.1, -0.05) is 17.8 Å². The highest BCUT2D eigenvalue weighted by Gasteiger charge is 2.34. The summed E-state index contributed by atoms with van der Waals surface area (Å²) in [6.07, 6.45) is 4.54. The number of thiophene rings is 1. The fraction of sp³-hybridized carbons (Fsp3) is 0.562. The lowest BCUT2D eigenvalue weighted by atomic mass is 10.2. The van der Waals surface area contributed by atoms with Gasteiger partial charge in [0.1, 0.15) is 5.82 Å². The minimum Gasteiger partial charge on any atom is -0.334 e. The van der Waals surface area contributed by atoms with Crippen molar-refractivity contribution < 1.29 is 4.79 Å². The molecule has 1 aliphatic carbocycles. The molecule has 0 aromatic carbocycles. The standard InChI is InChI=1S/C16H20N4OS2/c1-10(23-16-17-14(18-19-16)11-6-7-11)15(21)20-8-2-4-12(20)13-5-3-9-22-13/h3,5,9-12H,2,4,6-8H2,1H3,(H,17,18,19).